The molecule has 1 atom stereocenters. The summed E-state index contributed by atoms with van der Waals surface area (Å²) in [4.78, 5) is 12.6. The summed E-state index contributed by atoms with van der Waals surface area (Å²) in [6.07, 6.45) is 0. The van der Waals surface area contributed by atoms with Crippen molar-refractivity contribution in [1.82, 2.24) is 15.0 Å². The second-order valence-electron chi connectivity index (χ2n) is 4.39. The summed E-state index contributed by atoms with van der Waals surface area (Å²) < 4.78 is 5.08. The van der Waals surface area contributed by atoms with Crippen molar-refractivity contribution in [2.45, 2.75) is 19.9 Å². The number of nitrogens with zero attached hydrogens (tertiary/aromatic N) is 3. The molecule has 2 N–H and O–H groups in total. The van der Waals surface area contributed by atoms with Gasteiger partial charge < -0.3 is 15.4 Å². The smallest absolute Gasteiger partial charge is 0.322 e. The summed E-state index contributed by atoms with van der Waals surface area (Å²) in [7, 11) is 1.52. The van der Waals surface area contributed by atoms with Crippen LogP contribution in [0, 0.1) is 0 Å². The van der Waals surface area contributed by atoms with Crippen LogP contribution in [0.2, 0.25) is 5.02 Å². The maximum Gasteiger partial charge on any atom is 0.322 e. The predicted octanol–water partition coefficient (Wildman–Crippen LogP) is 3.14. The lowest BCUT2D eigenvalue weighted by Gasteiger charge is -2.16. The molecule has 0 aliphatic heterocycles. The van der Waals surface area contributed by atoms with Gasteiger partial charge in [0.1, 0.15) is 0 Å². The van der Waals surface area contributed by atoms with E-state index in [2.05, 4.69) is 25.6 Å². The van der Waals surface area contributed by atoms with Crippen LogP contribution >= 0.6 is 11.6 Å². The Bertz CT molecular complexity index is 608. The van der Waals surface area contributed by atoms with E-state index in [1.54, 1.807) is 0 Å². The molecule has 112 valence electrons. The molecule has 0 fully saturated rings. The van der Waals surface area contributed by atoms with Crippen LogP contribution in [-0.2, 0) is 0 Å². The highest BCUT2D eigenvalue weighted by atomic mass is 35.5. The molecule has 1 aromatic heterocycles. The fourth-order valence-corrected chi connectivity index (χ4v) is 2.15. The average molecular weight is 308 g/mol. The van der Waals surface area contributed by atoms with Gasteiger partial charge >= 0.3 is 6.01 Å². The van der Waals surface area contributed by atoms with Gasteiger partial charge in [0.15, 0.2) is 0 Å². The zero-order chi connectivity index (χ0) is 15.2. The zero-order valence-corrected chi connectivity index (χ0v) is 13.0. The van der Waals surface area contributed by atoms with Gasteiger partial charge in [-0.25, -0.2) is 0 Å². The number of methoxy groups -OCH3 is 1. The molecular formula is C14H18ClN5O. The number of anilines is 2. The Hall–Kier alpha value is -2.08. The molecule has 2 rings (SSSR count). The Morgan fingerprint density at radius 2 is 1.90 bits per heavy atom. The molecule has 0 aliphatic carbocycles. The van der Waals surface area contributed by atoms with Gasteiger partial charge in [0.05, 0.1) is 13.2 Å². The molecule has 0 radical (unpaired) electrons. The third-order valence-electron chi connectivity index (χ3n) is 2.85. The third kappa shape index (κ3) is 3.95. The van der Waals surface area contributed by atoms with E-state index in [0.29, 0.717) is 23.5 Å². The molecule has 1 unspecified atom stereocenters. The Kier molecular flexibility index (Phi) is 5.16. The molecule has 7 heteroatoms. The average Bonchev–Trinajstić information content (AvgIpc) is 2.47. The lowest BCUT2D eigenvalue weighted by molar-refractivity contribution is 0.379. The fraction of sp³-hybridized carbons (Fsp3) is 0.357. The highest BCUT2D eigenvalue weighted by Gasteiger charge is 2.12. The van der Waals surface area contributed by atoms with Gasteiger partial charge in [0, 0.05) is 11.6 Å². The van der Waals surface area contributed by atoms with Crippen molar-refractivity contribution in [3.63, 3.8) is 0 Å². The molecule has 21 heavy (non-hydrogen) atoms. The van der Waals surface area contributed by atoms with Crippen LogP contribution in [0.3, 0.4) is 0 Å². The minimum absolute atomic E-state index is 0.0414. The second kappa shape index (κ2) is 7.08. The number of benzene rings is 1. The standard InChI is InChI=1S/C14H18ClN5O/c1-4-16-12-18-13(20-14(19-12)21-3)17-9(2)10-7-5-6-8-11(10)15/h5-9H,4H2,1-3H3,(H2,16,17,18,19,20). The van der Waals surface area contributed by atoms with Crippen LogP contribution in [0.25, 0.3) is 0 Å². The molecule has 6 nitrogen and oxygen atoms in total. The van der Waals surface area contributed by atoms with Gasteiger partial charge in [-0.05, 0) is 25.5 Å². The van der Waals surface area contributed by atoms with Crippen molar-refractivity contribution in [1.29, 1.82) is 0 Å². The van der Waals surface area contributed by atoms with E-state index in [9.17, 15) is 0 Å². The van der Waals surface area contributed by atoms with Crippen molar-refractivity contribution >= 4 is 23.5 Å². The summed E-state index contributed by atoms with van der Waals surface area (Å²) >= 11 is 6.19. The molecule has 2 aromatic rings. The van der Waals surface area contributed by atoms with E-state index in [1.165, 1.54) is 7.11 Å². The molecule has 0 spiro atoms. The molecular weight excluding hydrogens is 290 g/mol. The van der Waals surface area contributed by atoms with E-state index in [4.69, 9.17) is 16.3 Å². The molecule has 1 heterocycles. The molecule has 0 bridgehead atoms. The van der Waals surface area contributed by atoms with Crippen LogP contribution in [-0.4, -0.2) is 28.6 Å². The van der Waals surface area contributed by atoms with Gasteiger partial charge in [0.2, 0.25) is 11.9 Å². The second-order valence-corrected chi connectivity index (χ2v) is 4.79. The summed E-state index contributed by atoms with van der Waals surface area (Å²) in [5.41, 5.74) is 0.976. The van der Waals surface area contributed by atoms with E-state index in [0.717, 1.165) is 5.56 Å². The van der Waals surface area contributed by atoms with Gasteiger partial charge in [-0.2, -0.15) is 15.0 Å². The molecule has 0 aliphatic rings. The molecule has 1 aromatic carbocycles. The summed E-state index contributed by atoms with van der Waals surface area (Å²) in [5.74, 6) is 0.906. The number of nitrogens with one attached hydrogen (secondary N) is 2. The first-order valence-electron chi connectivity index (χ1n) is 6.69. The fourth-order valence-electron chi connectivity index (χ4n) is 1.85. The third-order valence-corrected chi connectivity index (χ3v) is 3.19. The first-order chi connectivity index (χ1) is 10.1. The summed E-state index contributed by atoms with van der Waals surface area (Å²) in [5, 5.41) is 6.94. The summed E-state index contributed by atoms with van der Waals surface area (Å²) in [6, 6.07) is 7.87. The minimum atomic E-state index is -0.0414. The number of rotatable bonds is 6. The first kappa shape index (κ1) is 15.3. The van der Waals surface area contributed by atoms with Crippen molar-refractivity contribution in [2.75, 3.05) is 24.3 Å². The lowest BCUT2D eigenvalue weighted by atomic mass is 10.1. The van der Waals surface area contributed by atoms with E-state index in [-0.39, 0.29) is 12.1 Å². The molecule has 0 amide bonds. The Balaban J connectivity index is 2.22. The van der Waals surface area contributed by atoms with E-state index >= 15 is 0 Å². The van der Waals surface area contributed by atoms with E-state index in [1.807, 2.05) is 38.1 Å². The topological polar surface area (TPSA) is 72.0 Å². The van der Waals surface area contributed by atoms with Crippen LogP contribution in [0.1, 0.15) is 25.5 Å². The van der Waals surface area contributed by atoms with Crippen LogP contribution < -0.4 is 15.4 Å². The maximum absolute atomic E-state index is 6.19. The van der Waals surface area contributed by atoms with E-state index < -0.39 is 0 Å². The lowest BCUT2D eigenvalue weighted by Crippen LogP contribution is -2.13. The number of hydrogen-bond donors (Lipinski definition) is 2. The highest BCUT2D eigenvalue weighted by molar-refractivity contribution is 6.31. The normalized spacial score (nSPS) is 11.8. The summed E-state index contributed by atoms with van der Waals surface area (Å²) in [6.45, 7) is 4.67. The highest BCUT2D eigenvalue weighted by Crippen LogP contribution is 2.25. The van der Waals surface area contributed by atoms with Crippen LogP contribution in [0.15, 0.2) is 24.3 Å². The largest absolute Gasteiger partial charge is 0.467 e. The minimum Gasteiger partial charge on any atom is -0.467 e. The Morgan fingerprint density at radius 1 is 1.19 bits per heavy atom. The SMILES string of the molecule is CCNc1nc(NC(C)c2ccccc2Cl)nc(OC)n1. The van der Waals surface area contributed by atoms with Gasteiger partial charge in [-0.15, -0.1) is 0 Å². The van der Waals surface area contributed by atoms with Gasteiger partial charge in [-0.3, -0.25) is 0 Å². The Morgan fingerprint density at radius 3 is 2.57 bits per heavy atom. The maximum atomic E-state index is 6.19. The number of aromatic nitrogens is 3. The van der Waals surface area contributed by atoms with Crippen molar-refractivity contribution in [3.8, 4) is 6.01 Å². The number of ether oxygens (including phenoxy) is 1. The van der Waals surface area contributed by atoms with Crippen molar-refractivity contribution in [2.24, 2.45) is 0 Å². The number of hydrogen-bond acceptors (Lipinski definition) is 6. The molecule has 0 saturated heterocycles. The van der Waals surface area contributed by atoms with Gasteiger partial charge in [0.25, 0.3) is 0 Å². The Labute approximate surface area is 128 Å². The van der Waals surface area contributed by atoms with Crippen LogP contribution in [0.5, 0.6) is 6.01 Å². The van der Waals surface area contributed by atoms with Crippen molar-refractivity contribution < 1.29 is 4.74 Å². The predicted molar refractivity (Wildman–Crippen MR) is 84.0 cm³/mol. The monoisotopic (exact) mass is 307 g/mol. The number of halogens is 1. The quantitative estimate of drug-likeness (QED) is 0.854. The van der Waals surface area contributed by atoms with Crippen molar-refractivity contribution in [3.05, 3.63) is 34.9 Å². The zero-order valence-electron chi connectivity index (χ0n) is 12.2. The van der Waals surface area contributed by atoms with Gasteiger partial charge in [-0.1, -0.05) is 29.8 Å². The molecule has 0 saturated carbocycles. The first-order valence-corrected chi connectivity index (χ1v) is 7.06. The van der Waals surface area contributed by atoms with Crippen LogP contribution in [0.4, 0.5) is 11.9 Å².